The van der Waals surface area contributed by atoms with E-state index in [1.807, 2.05) is 48.7 Å². The Morgan fingerprint density at radius 1 is 1.22 bits per heavy atom. The SMILES string of the molecule is Cc1cccc(/C=C(/C(=O)OCC(=O)N(C)C)c2cccs2)c1. The number of hydrogen-bond acceptors (Lipinski definition) is 4. The average Bonchev–Trinajstić information content (AvgIpc) is 3.04. The minimum absolute atomic E-state index is 0.251. The first-order chi connectivity index (χ1) is 11.0. The van der Waals surface area contributed by atoms with Crippen LogP contribution < -0.4 is 0 Å². The van der Waals surface area contributed by atoms with Crippen LogP contribution in [-0.2, 0) is 14.3 Å². The van der Waals surface area contributed by atoms with Gasteiger partial charge in [0.05, 0.1) is 5.57 Å². The first kappa shape index (κ1) is 17.0. The summed E-state index contributed by atoms with van der Waals surface area (Å²) in [4.78, 5) is 26.2. The van der Waals surface area contributed by atoms with Gasteiger partial charge in [-0.05, 0) is 30.0 Å². The Labute approximate surface area is 140 Å². The maximum atomic E-state index is 12.4. The zero-order valence-corrected chi connectivity index (χ0v) is 14.2. The van der Waals surface area contributed by atoms with Gasteiger partial charge in [0.25, 0.3) is 5.91 Å². The number of hydrogen-bond donors (Lipinski definition) is 0. The van der Waals surface area contributed by atoms with E-state index >= 15 is 0 Å². The number of carbonyl (C=O) groups excluding carboxylic acids is 2. The summed E-state index contributed by atoms with van der Waals surface area (Å²) in [5, 5.41) is 1.90. The number of rotatable bonds is 5. The van der Waals surface area contributed by atoms with Gasteiger partial charge in [-0.1, -0.05) is 35.9 Å². The van der Waals surface area contributed by atoms with Crippen molar-refractivity contribution in [1.29, 1.82) is 0 Å². The molecule has 0 spiro atoms. The predicted molar refractivity (Wildman–Crippen MR) is 93.0 cm³/mol. The van der Waals surface area contributed by atoms with Crippen LogP contribution in [0.3, 0.4) is 0 Å². The van der Waals surface area contributed by atoms with E-state index in [0.29, 0.717) is 5.57 Å². The molecule has 0 saturated carbocycles. The normalized spacial score (nSPS) is 11.2. The van der Waals surface area contributed by atoms with E-state index in [2.05, 4.69) is 0 Å². The molecule has 0 aliphatic carbocycles. The lowest BCUT2D eigenvalue weighted by atomic mass is 10.1. The minimum atomic E-state index is -0.496. The summed E-state index contributed by atoms with van der Waals surface area (Å²) in [5.41, 5.74) is 2.49. The molecule has 23 heavy (non-hydrogen) atoms. The highest BCUT2D eigenvalue weighted by atomic mass is 32.1. The van der Waals surface area contributed by atoms with E-state index in [-0.39, 0.29) is 12.5 Å². The summed E-state index contributed by atoms with van der Waals surface area (Å²) in [6.45, 7) is 1.73. The fourth-order valence-electron chi connectivity index (χ4n) is 1.92. The van der Waals surface area contributed by atoms with Crippen molar-refractivity contribution < 1.29 is 14.3 Å². The third-order valence-electron chi connectivity index (χ3n) is 3.19. The molecular formula is C18H19NO3S. The van der Waals surface area contributed by atoms with Crippen molar-refractivity contribution >= 4 is 34.9 Å². The molecular weight excluding hydrogens is 310 g/mol. The highest BCUT2D eigenvalue weighted by Crippen LogP contribution is 2.24. The Hall–Kier alpha value is -2.40. The van der Waals surface area contributed by atoms with Crippen LogP contribution in [0.1, 0.15) is 16.0 Å². The highest BCUT2D eigenvalue weighted by Gasteiger charge is 2.17. The monoisotopic (exact) mass is 329 g/mol. The summed E-state index contributed by atoms with van der Waals surface area (Å²) in [6, 6.07) is 11.6. The molecule has 0 fully saturated rings. The molecule has 1 amide bonds. The summed E-state index contributed by atoms with van der Waals surface area (Å²) in [5.74, 6) is -0.747. The van der Waals surface area contributed by atoms with Crippen LogP contribution in [0.25, 0.3) is 11.6 Å². The van der Waals surface area contributed by atoms with Gasteiger partial charge in [-0.25, -0.2) is 4.79 Å². The van der Waals surface area contributed by atoms with Gasteiger partial charge in [-0.3, -0.25) is 4.79 Å². The number of benzene rings is 1. The van der Waals surface area contributed by atoms with Gasteiger partial charge in [0.15, 0.2) is 6.61 Å². The fraction of sp³-hybridized carbons (Fsp3) is 0.222. The molecule has 2 aromatic rings. The van der Waals surface area contributed by atoms with Crippen LogP contribution in [0, 0.1) is 6.92 Å². The standard InChI is InChI=1S/C18H19NO3S/c1-13-6-4-7-14(10-13)11-15(16-8-5-9-23-16)18(21)22-12-17(20)19(2)3/h4-11H,12H2,1-3H3/b15-11+. The molecule has 0 aliphatic heterocycles. The van der Waals surface area contributed by atoms with Crippen molar-refractivity contribution in [2.75, 3.05) is 20.7 Å². The van der Waals surface area contributed by atoms with E-state index in [1.54, 1.807) is 20.2 Å². The third-order valence-corrected chi connectivity index (χ3v) is 4.09. The van der Waals surface area contributed by atoms with E-state index < -0.39 is 5.97 Å². The van der Waals surface area contributed by atoms with Crippen molar-refractivity contribution in [3.8, 4) is 0 Å². The van der Waals surface area contributed by atoms with Crippen LogP contribution in [-0.4, -0.2) is 37.5 Å². The molecule has 5 heteroatoms. The molecule has 1 aromatic carbocycles. The van der Waals surface area contributed by atoms with Crippen LogP contribution >= 0.6 is 11.3 Å². The smallest absolute Gasteiger partial charge is 0.340 e. The van der Waals surface area contributed by atoms with Crippen molar-refractivity contribution in [2.24, 2.45) is 0 Å². The van der Waals surface area contributed by atoms with Gasteiger partial charge in [-0.15, -0.1) is 11.3 Å². The van der Waals surface area contributed by atoms with Gasteiger partial charge in [-0.2, -0.15) is 0 Å². The van der Waals surface area contributed by atoms with E-state index in [1.165, 1.54) is 16.2 Å². The molecule has 0 unspecified atom stereocenters. The topological polar surface area (TPSA) is 46.6 Å². The van der Waals surface area contributed by atoms with Crippen molar-refractivity contribution in [1.82, 2.24) is 4.90 Å². The molecule has 0 aliphatic rings. The summed E-state index contributed by atoms with van der Waals surface area (Å²) in [6.07, 6.45) is 1.79. The molecule has 120 valence electrons. The Morgan fingerprint density at radius 3 is 2.61 bits per heavy atom. The quantitative estimate of drug-likeness (QED) is 0.625. The number of esters is 1. The number of amides is 1. The van der Waals surface area contributed by atoms with Gasteiger partial charge in [0.1, 0.15) is 0 Å². The van der Waals surface area contributed by atoms with E-state index in [4.69, 9.17) is 4.74 Å². The molecule has 4 nitrogen and oxygen atoms in total. The van der Waals surface area contributed by atoms with Crippen LogP contribution in [0.15, 0.2) is 41.8 Å². The zero-order valence-electron chi connectivity index (χ0n) is 13.4. The van der Waals surface area contributed by atoms with Crippen molar-refractivity contribution in [3.63, 3.8) is 0 Å². The van der Waals surface area contributed by atoms with Gasteiger partial charge < -0.3 is 9.64 Å². The lowest BCUT2D eigenvalue weighted by Crippen LogP contribution is -2.27. The Balaban J connectivity index is 2.25. The third kappa shape index (κ3) is 4.79. The number of carbonyl (C=O) groups is 2. The lowest BCUT2D eigenvalue weighted by molar-refractivity contribution is -0.146. The second-order valence-corrected chi connectivity index (χ2v) is 6.26. The van der Waals surface area contributed by atoms with Crippen molar-refractivity contribution in [2.45, 2.75) is 6.92 Å². The first-order valence-electron chi connectivity index (χ1n) is 7.17. The maximum Gasteiger partial charge on any atom is 0.340 e. The zero-order chi connectivity index (χ0) is 16.8. The molecule has 1 heterocycles. The second-order valence-electron chi connectivity index (χ2n) is 5.31. The number of aryl methyl sites for hydroxylation is 1. The summed E-state index contributed by atoms with van der Waals surface area (Å²) >= 11 is 1.46. The summed E-state index contributed by atoms with van der Waals surface area (Å²) in [7, 11) is 3.25. The highest BCUT2D eigenvalue weighted by molar-refractivity contribution is 7.11. The van der Waals surface area contributed by atoms with Crippen LogP contribution in [0.4, 0.5) is 0 Å². The lowest BCUT2D eigenvalue weighted by Gasteiger charge is -2.11. The molecule has 1 aromatic heterocycles. The predicted octanol–water partition coefficient (Wildman–Crippen LogP) is 3.23. The summed E-state index contributed by atoms with van der Waals surface area (Å²) < 4.78 is 5.16. The molecule has 2 rings (SSSR count). The number of nitrogens with zero attached hydrogens (tertiary/aromatic N) is 1. The molecule has 0 atom stereocenters. The maximum absolute atomic E-state index is 12.4. The molecule has 0 radical (unpaired) electrons. The van der Waals surface area contributed by atoms with Crippen molar-refractivity contribution in [3.05, 3.63) is 57.8 Å². The average molecular weight is 329 g/mol. The Kier molecular flexibility index (Phi) is 5.71. The van der Waals surface area contributed by atoms with E-state index in [9.17, 15) is 9.59 Å². The molecule has 0 N–H and O–H groups in total. The fourth-order valence-corrected chi connectivity index (χ4v) is 2.65. The van der Waals surface area contributed by atoms with Crippen LogP contribution in [0.5, 0.6) is 0 Å². The van der Waals surface area contributed by atoms with Crippen LogP contribution in [0.2, 0.25) is 0 Å². The minimum Gasteiger partial charge on any atom is -0.452 e. The molecule has 0 bridgehead atoms. The largest absolute Gasteiger partial charge is 0.452 e. The number of ether oxygens (including phenoxy) is 1. The van der Waals surface area contributed by atoms with Gasteiger partial charge in [0, 0.05) is 19.0 Å². The second kappa shape index (κ2) is 7.74. The Morgan fingerprint density at radius 2 is 2.00 bits per heavy atom. The van der Waals surface area contributed by atoms with Gasteiger partial charge >= 0.3 is 5.97 Å². The molecule has 0 saturated heterocycles. The number of likely N-dealkylation sites (N-methyl/N-ethyl adjacent to an activating group) is 1. The van der Waals surface area contributed by atoms with Gasteiger partial charge in [0.2, 0.25) is 0 Å². The Bertz CT molecular complexity index is 718. The first-order valence-corrected chi connectivity index (χ1v) is 8.05. The number of thiophene rings is 1. The van der Waals surface area contributed by atoms with E-state index in [0.717, 1.165) is 16.0 Å².